The van der Waals surface area contributed by atoms with Crippen LogP contribution in [0.15, 0.2) is 23.6 Å². The molecule has 144 valence electrons. The average Bonchev–Trinajstić information content (AvgIpc) is 2.99. The number of carbonyl (C=O) groups excluding carboxylic acids is 2. The number of methoxy groups -OCH3 is 2. The van der Waals surface area contributed by atoms with Gasteiger partial charge in [0.25, 0.3) is 11.8 Å². The molecular weight excluding hydrogens is 366 g/mol. The number of anilines is 1. The van der Waals surface area contributed by atoms with Crippen LogP contribution in [0.4, 0.5) is 5.13 Å². The van der Waals surface area contributed by atoms with Crippen molar-refractivity contribution in [2.24, 2.45) is 0 Å². The number of carbonyl (C=O) groups is 2. The van der Waals surface area contributed by atoms with Gasteiger partial charge in [-0.25, -0.2) is 4.98 Å². The Labute approximate surface area is 162 Å². The maximum atomic E-state index is 12.6. The smallest absolute Gasteiger partial charge is 0.273 e. The molecule has 0 aliphatic carbocycles. The van der Waals surface area contributed by atoms with Gasteiger partial charge in [-0.2, -0.15) is 0 Å². The monoisotopic (exact) mass is 389 g/mol. The Morgan fingerprint density at radius 3 is 2.26 bits per heavy atom. The summed E-state index contributed by atoms with van der Waals surface area (Å²) in [5.41, 5.74) is 0.766. The number of amides is 2. The van der Waals surface area contributed by atoms with Crippen molar-refractivity contribution in [1.82, 2.24) is 9.88 Å². The van der Waals surface area contributed by atoms with Crippen LogP contribution in [-0.4, -0.2) is 49.0 Å². The Kier molecular flexibility index (Phi) is 6.28. The number of rotatable bonds is 5. The fourth-order valence-corrected chi connectivity index (χ4v) is 3.65. The lowest BCUT2D eigenvalue weighted by Gasteiger charge is -2.18. The summed E-state index contributed by atoms with van der Waals surface area (Å²) in [7, 11) is 3.05. The first-order chi connectivity index (χ1) is 13.1. The number of ether oxygens (including phenoxy) is 2. The van der Waals surface area contributed by atoms with Crippen molar-refractivity contribution in [3.8, 4) is 11.5 Å². The fourth-order valence-electron chi connectivity index (χ4n) is 2.97. The third kappa shape index (κ3) is 4.77. The number of nitrogens with one attached hydrogen (secondary N) is 1. The SMILES string of the molecule is COc1cc(OC)cc(C(=O)Nc2nc(C(=O)N3CCCCCC3)cs2)c1. The molecule has 1 aliphatic rings. The van der Waals surface area contributed by atoms with Crippen molar-refractivity contribution < 1.29 is 19.1 Å². The summed E-state index contributed by atoms with van der Waals surface area (Å²) in [6, 6.07) is 4.93. The van der Waals surface area contributed by atoms with Gasteiger partial charge in [0.15, 0.2) is 5.13 Å². The molecule has 1 aromatic carbocycles. The first kappa shape index (κ1) is 19.2. The highest BCUT2D eigenvalue weighted by Gasteiger charge is 2.20. The Balaban J connectivity index is 1.70. The minimum atomic E-state index is -0.338. The zero-order valence-corrected chi connectivity index (χ0v) is 16.3. The first-order valence-corrected chi connectivity index (χ1v) is 9.78. The van der Waals surface area contributed by atoms with Crippen LogP contribution in [0.25, 0.3) is 0 Å². The highest BCUT2D eigenvalue weighted by molar-refractivity contribution is 7.14. The van der Waals surface area contributed by atoms with E-state index in [1.54, 1.807) is 23.6 Å². The maximum Gasteiger partial charge on any atom is 0.273 e. The van der Waals surface area contributed by atoms with Crippen molar-refractivity contribution in [2.75, 3.05) is 32.6 Å². The molecule has 0 atom stereocenters. The number of aromatic nitrogens is 1. The Bertz CT molecular complexity index is 791. The minimum Gasteiger partial charge on any atom is -0.497 e. The Morgan fingerprint density at radius 1 is 1.04 bits per heavy atom. The topological polar surface area (TPSA) is 80.8 Å². The summed E-state index contributed by atoms with van der Waals surface area (Å²) in [6.07, 6.45) is 4.37. The molecule has 1 saturated heterocycles. The molecule has 1 aromatic heterocycles. The number of thiazole rings is 1. The predicted molar refractivity (Wildman–Crippen MR) is 104 cm³/mol. The zero-order valence-electron chi connectivity index (χ0n) is 15.5. The van der Waals surface area contributed by atoms with Crippen LogP contribution in [0.1, 0.15) is 46.5 Å². The number of nitrogens with zero attached hydrogens (tertiary/aromatic N) is 2. The normalized spacial score (nSPS) is 14.4. The number of benzene rings is 1. The molecule has 1 fully saturated rings. The molecule has 0 unspecified atom stereocenters. The molecule has 1 N–H and O–H groups in total. The third-order valence-electron chi connectivity index (χ3n) is 4.45. The van der Waals surface area contributed by atoms with Crippen LogP contribution < -0.4 is 14.8 Å². The van der Waals surface area contributed by atoms with E-state index in [9.17, 15) is 9.59 Å². The second-order valence-corrected chi connectivity index (χ2v) is 7.16. The summed E-state index contributed by atoms with van der Waals surface area (Å²) in [5, 5.41) is 4.82. The molecule has 0 spiro atoms. The average molecular weight is 389 g/mol. The molecule has 7 nitrogen and oxygen atoms in total. The van der Waals surface area contributed by atoms with Gasteiger partial charge in [0, 0.05) is 30.1 Å². The predicted octanol–water partition coefficient (Wildman–Crippen LogP) is 3.43. The van der Waals surface area contributed by atoms with Crippen LogP contribution >= 0.6 is 11.3 Å². The second-order valence-electron chi connectivity index (χ2n) is 6.30. The molecule has 0 saturated carbocycles. The standard InChI is InChI=1S/C19H23N3O4S/c1-25-14-9-13(10-15(11-14)26-2)17(23)21-19-20-16(12-27-19)18(24)22-7-5-3-4-6-8-22/h9-12H,3-8H2,1-2H3,(H,20,21,23). The van der Waals surface area contributed by atoms with E-state index in [1.807, 2.05) is 4.90 Å². The van der Waals surface area contributed by atoms with E-state index >= 15 is 0 Å². The van der Waals surface area contributed by atoms with Gasteiger partial charge in [0.2, 0.25) is 0 Å². The molecule has 27 heavy (non-hydrogen) atoms. The molecule has 8 heteroatoms. The summed E-state index contributed by atoms with van der Waals surface area (Å²) in [6.45, 7) is 1.53. The van der Waals surface area contributed by atoms with E-state index in [2.05, 4.69) is 10.3 Å². The van der Waals surface area contributed by atoms with Crippen LogP contribution in [-0.2, 0) is 0 Å². The van der Waals surface area contributed by atoms with Gasteiger partial charge in [-0.05, 0) is 25.0 Å². The van der Waals surface area contributed by atoms with Crippen LogP contribution in [0.3, 0.4) is 0 Å². The molecule has 2 amide bonds. The van der Waals surface area contributed by atoms with E-state index in [4.69, 9.17) is 9.47 Å². The van der Waals surface area contributed by atoms with E-state index < -0.39 is 0 Å². The first-order valence-electron chi connectivity index (χ1n) is 8.90. The molecule has 2 heterocycles. The molecule has 2 aromatic rings. The van der Waals surface area contributed by atoms with Crippen LogP contribution in [0, 0.1) is 0 Å². The van der Waals surface area contributed by atoms with Crippen molar-refractivity contribution >= 4 is 28.3 Å². The van der Waals surface area contributed by atoms with Gasteiger partial charge in [0.05, 0.1) is 14.2 Å². The summed E-state index contributed by atoms with van der Waals surface area (Å²) in [4.78, 5) is 31.3. The van der Waals surface area contributed by atoms with E-state index in [0.717, 1.165) is 38.8 Å². The van der Waals surface area contributed by atoms with Crippen LogP contribution in [0.2, 0.25) is 0 Å². The Morgan fingerprint density at radius 2 is 1.67 bits per heavy atom. The number of likely N-dealkylation sites (tertiary alicyclic amines) is 1. The van der Waals surface area contributed by atoms with Crippen LogP contribution in [0.5, 0.6) is 11.5 Å². The number of hydrogen-bond acceptors (Lipinski definition) is 6. The number of hydrogen-bond donors (Lipinski definition) is 1. The molecule has 0 radical (unpaired) electrons. The van der Waals surface area contributed by atoms with Gasteiger partial charge in [-0.15, -0.1) is 11.3 Å². The van der Waals surface area contributed by atoms with E-state index in [-0.39, 0.29) is 11.8 Å². The van der Waals surface area contributed by atoms with Crippen molar-refractivity contribution in [3.63, 3.8) is 0 Å². The molecule has 3 rings (SSSR count). The summed E-state index contributed by atoms with van der Waals surface area (Å²) >= 11 is 1.24. The van der Waals surface area contributed by atoms with Gasteiger partial charge < -0.3 is 14.4 Å². The lowest BCUT2D eigenvalue weighted by molar-refractivity contribution is 0.0756. The summed E-state index contributed by atoms with van der Waals surface area (Å²) < 4.78 is 10.4. The quantitative estimate of drug-likeness (QED) is 0.847. The molecule has 0 bridgehead atoms. The van der Waals surface area contributed by atoms with E-state index in [1.165, 1.54) is 25.6 Å². The maximum absolute atomic E-state index is 12.6. The fraction of sp³-hybridized carbons (Fsp3) is 0.421. The second kappa shape index (κ2) is 8.85. The summed E-state index contributed by atoms with van der Waals surface area (Å²) in [5.74, 6) is 0.637. The van der Waals surface area contributed by atoms with Crippen molar-refractivity contribution in [3.05, 3.63) is 34.8 Å². The highest BCUT2D eigenvalue weighted by Crippen LogP contribution is 2.24. The van der Waals surface area contributed by atoms with Gasteiger partial charge in [-0.3, -0.25) is 14.9 Å². The largest absolute Gasteiger partial charge is 0.497 e. The lowest BCUT2D eigenvalue weighted by atomic mass is 10.2. The zero-order chi connectivity index (χ0) is 19.2. The van der Waals surface area contributed by atoms with Crippen molar-refractivity contribution in [1.29, 1.82) is 0 Å². The van der Waals surface area contributed by atoms with Gasteiger partial charge in [0.1, 0.15) is 17.2 Å². The highest BCUT2D eigenvalue weighted by atomic mass is 32.1. The lowest BCUT2D eigenvalue weighted by Crippen LogP contribution is -2.32. The van der Waals surface area contributed by atoms with Gasteiger partial charge in [-0.1, -0.05) is 12.8 Å². The van der Waals surface area contributed by atoms with E-state index in [0.29, 0.717) is 27.9 Å². The Hall–Kier alpha value is -2.61. The molecule has 1 aliphatic heterocycles. The minimum absolute atomic E-state index is 0.0725. The van der Waals surface area contributed by atoms with Gasteiger partial charge >= 0.3 is 0 Å². The van der Waals surface area contributed by atoms with Crippen molar-refractivity contribution in [2.45, 2.75) is 25.7 Å². The third-order valence-corrected chi connectivity index (χ3v) is 5.21. The molecular formula is C19H23N3O4S.